The maximum Gasteiger partial charge on any atom is 0.339 e. The molecule has 0 fully saturated rings. The standard InChI is InChI=1S/C14H10FNO5/c1-8-2-4-11(16(19)20)13(6-8)21-12-5-3-9(15)7-10(12)14(17)18/h2-7H,1H3,(H,17,18). The van der Waals surface area contributed by atoms with Crippen LogP contribution >= 0.6 is 0 Å². The quantitative estimate of drug-likeness (QED) is 0.687. The summed E-state index contributed by atoms with van der Waals surface area (Å²) in [5.74, 6) is -2.40. The van der Waals surface area contributed by atoms with Crippen LogP contribution in [-0.2, 0) is 0 Å². The molecule has 0 unspecified atom stereocenters. The maximum atomic E-state index is 13.1. The lowest BCUT2D eigenvalue weighted by Gasteiger charge is -2.09. The smallest absolute Gasteiger partial charge is 0.339 e. The van der Waals surface area contributed by atoms with E-state index in [9.17, 15) is 19.3 Å². The minimum atomic E-state index is -1.39. The third-order valence-electron chi connectivity index (χ3n) is 2.70. The predicted octanol–water partition coefficient (Wildman–Crippen LogP) is 3.53. The van der Waals surface area contributed by atoms with Crippen LogP contribution in [0.2, 0.25) is 0 Å². The highest BCUT2D eigenvalue weighted by Gasteiger charge is 2.19. The summed E-state index contributed by atoms with van der Waals surface area (Å²) >= 11 is 0. The first-order valence-corrected chi connectivity index (χ1v) is 5.84. The first kappa shape index (κ1) is 14.4. The molecule has 0 aliphatic rings. The highest BCUT2D eigenvalue weighted by Crippen LogP contribution is 2.33. The molecule has 0 aliphatic heterocycles. The summed E-state index contributed by atoms with van der Waals surface area (Å²) in [6.07, 6.45) is 0. The van der Waals surface area contributed by atoms with Gasteiger partial charge in [-0.25, -0.2) is 9.18 Å². The number of rotatable bonds is 4. The van der Waals surface area contributed by atoms with E-state index in [1.165, 1.54) is 18.2 Å². The molecule has 0 bridgehead atoms. The van der Waals surface area contributed by atoms with Crippen molar-refractivity contribution in [2.75, 3.05) is 0 Å². The van der Waals surface area contributed by atoms with Gasteiger partial charge in [-0.05, 0) is 36.8 Å². The molecule has 0 saturated heterocycles. The first-order chi connectivity index (χ1) is 9.88. The van der Waals surface area contributed by atoms with Crippen LogP contribution in [0.25, 0.3) is 0 Å². The lowest BCUT2D eigenvalue weighted by molar-refractivity contribution is -0.385. The summed E-state index contributed by atoms with van der Waals surface area (Å²) in [6, 6.07) is 7.13. The number of aryl methyl sites for hydroxylation is 1. The average molecular weight is 291 g/mol. The number of carboxylic acid groups (broad SMARTS) is 1. The SMILES string of the molecule is Cc1ccc([N+](=O)[O-])c(Oc2ccc(F)cc2C(=O)O)c1. The van der Waals surface area contributed by atoms with Crippen molar-refractivity contribution in [2.24, 2.45) is 0 Å². The zero-order valence-corrected chi connectivity index (χ0v) is 10.9. The summed E-state index contributed by atoms with van der Waals surface area (Å²) in [4.78, 5) is 21.4. The van der Waals surface area contributed by atoms with Gasteiger partial charge in [0.25, 0.3) is 0 Å². The van der Waals surface area contributed by atoms with Gasteiger partial charge in [0.2, 0.25) is 5.75 Å². The molecule has 0 atom stereocenters. The topological polar surface area (TPSA) is 89.7 Å². The third kappa shape index (κ3) is 3.14. The van der Waals surface area contributed by atoms with Crippen molar-refractivity contribution in [3.8, 4) is 11.5 Å². The number of nitrogens with zero attached hydrogens (tertiary/aromatic N) is 1. The van der Waals surface area contributed by atoms with E-state index in [1.807, 2.05) is 0 Å². The summed E-state index contributed by atoms with van der Waals surface area (Å²) in [6.45, 7) is 1.71. The van der Waals surface area contributed by atoms with Crippen LogP contribution in [0.1, 0.15) is 15.9 Å². The van der Waals surface area contributed by atoms with Crippen molar-refractivity contribution >= 4 is 11.7 Å². The molecular weight excluding hydrogens is 281 g/mol. The second-order valence-corrected chi connectivity index (χ2v) is 4.28. The Morgan fingerprint density at radius 1 is 1.24 bits per heavy atom. The Balaban J connectivity index is 2.50. The van der Waals surface area contributed by atoms with Crippen molar-refractivity contribution in [2.45, 2.75) is 6.92 Å². The van der Waals surface area contributed by atoms with E-state index >= 15 is 0 Å². The Morgan fingerprint density at radius 3 is 2.57 bits per heavy atom. The summed E-state index contributed by atoms with van der Waals surface area (Å²) in [7, 11) is 0. The highest BCUT2D eigenvalue weighted by atomic mass is 19.1. The number of aromatic carboxylic acids is 1. The largest absolute Gasteiger partial charge is 0.478 e. The lowest BCUT2D eigenvalue weighted by atomic mass is 10.2. The molecule has 21 heavy (non-hydrogen) atoms. The number of benzene rings is 2. The predicted molar refractivity (Wildman–Crippen MR) is 71.3 cm³/mol. The summed E-state index contributed by atoms with van der Waals surface area (Å²) in [5.41, 5.74) is -0.0124. The average Bonchev–Trinajstić information content (AvgIpc) is 2.40. The first-order valence-electron chi connectivity index (χ1n) is 5.84. The van der Waals surface area contributed by atoms with Crippen LogP contribution in [0.4, 0.5) is 10.1 Å². The molecule has 2 aromatic rings. The Labute approximate surface area is 118 Å². The third-order valence-corrected chi connectivity index (χ3v) is 2.70. The fourth-order valence-corrected chi connectivity index (χ4v) is 1.73. The molecule has 0 saturated carbocycles. The van der Waals surface area contributed by atoms with E-state index in [1.54, 1.807) is 6.92 Å². The summed E-state index contributed by atoms with van der Waals surface area (Å²) in [5, 5.41) is 20.0. The Morgan fingerprint density at radius 2 is 1.95 bits per heavy atom. The van der Waals surface area contributed by atoms with Gasteiger partial charge in [-0.2, -0.15) is 0 Å². The van der Waals surface area contributed by atoms with Crippen LogP contribution in [-0.4, -0.2) is 16.0 Å². The van der Waals surface area contributed by atoms with Gasteiger partial charge in [0, 0.05) is 6.07 Å². The van der Waals surface area contributed by atoms with Crippen LogP contribution in [0.3, 0.4) is 0 Å². The van der Waals surface area contributed by atoms with Gasteiger partial charge in [0.1, 0.15) is 17.1 Å². The molecule has 0 spiro atoms. The highest BCUT2D eigenvalue weighted by molar-refractivity contribution is 5.91. The second-order valence-electron chi connectivity index (χ2n) is 4.28. The van der Waals surface area contributed by atoms with Crippen LogP contribution in [0.15, 0.2) is 36.4 Å². The van der Waals surface area contributed by atoms with Gasteiger partial charge in [-0.1, -0.05) is 6.07 Å². The van der Waals surface area contributed by atoms with E-state index in [2.05, 4.69) is 0 Å². The van der Waals surface area contributed by atoms with Crippen LogP contribution in [0, 0.1) is 22.9 Å². The number of hydrogen-bond donors (Lipinski definition) is 1. The van der Waals surface area contributed by atoms with E-state index in [0.29, 0.717) is 5.56 Å². The van der Waals surface area contributed by atoms with Gasteiger partial charge in [0.15, 0.2) is 0 Å². The Hall–Kier alpha value is -2.96. The molecular formula is C14H10FNO5. The fourth-order valence-electron chi connectivity index (χ4n) is 1.73. The molecule has 2 aromatic carbocycles. The van der Waals surface area contributed by atoms with Gasteiger partial charge in [-0.15, -0.1) is 0 Å². The minimum absolute atomic E-state index is 0.103. The van der Waals surface area contributed by atoms with Crippen molar-refractivity contribution in [3.05, 3.63) is 63.5 Å². The second kappa shape index (κ2) is 5.58. The summed E-state index contributed by atoms with van der Waals surface area (Å²) < 4.78 is 18.4. The lowest BCUT2D eigenvalue weighted by Crippen LogP contribution is -2.02. The molecule has 0 radical (unpaired) electrons. The maximum absolute atomic E-state index is 13.1. The molecule has 0 heterocycles. The minimum Gasteiger partial charge on any atom is -0.478 e. The van der Waals surface area contributed by atoms with Crippen molar-refractivity contribution in [1.29, 1.82) is 0 Å². The monoisotopic (exact) mass is 291 g/mol. The zero-order chi connectivity index (χ0) is 15.6. The van der Waals surface area contributed by atoms with Gasteiger partial charge < -0.3 is 9.84 Å². The van der Waals surface area contributed by atoms with Crippen molar-refractivity contribution in [3.63, 3.8) is 0 Å². The molecule has 108 valence electrons. The molecule has 7 heteroatoms. The van der Waals surface area contributed by atoms with Crippen molar-refractivity contribution in [1.82, 2.24) is 0 Å². The van der Waals surface area contributed by atoms with Gasteiger partial charge in [-0.3, -0.25) is 10.1 Å². The van der Waals surface area contributed by atoms with E-state index in [0.717, 1.165) is 18.2 Å². The number of halogens is 1. The Kier molecular flexibility index (Phi) is 3.84. The number of nitro benzene ring substituents is 1. The number of carboxylic acids is 1. The number of carbonyl (C=O) groups is 1. The normalized spacial score (nSPS) is 10.2. The van der Waals surface area contributed by atoms with Gasteiger partial charge >= 0.3 is 11.7 Å². The van der Waals surface area contributed by atoms with Crippen molar-refractivity contribution < 1.29 is 24.0 Å². The molecule has 0 amide bonds. The number of nitro groups is 1. The van der Waals surface area contributed by atoms with E-state index in [4.69, 9.17) is 9.84 Å². The molecule has 1 N–H and O–H groups in total. The van der Waals surface area contributed by atoms with E-state index in [-0.39, 0.29) is 17.2 Å². The van der Waals surface area contributed by atoms with Crippen LogP contribution < -0.4 is 4.74 Å². The molecule has 0 aliphatic carbocycles. The number of ether oxygens (including phenoxy) is 1. The zero-order valence-electron chi connectivity index (χ0n) is 10.9. The Bertz CT molecular complexity index is 729. The number of hydrogen-bond acceptors (Lipinski definition) is 4. The molecule has 2 rings (SSSR count). The fraction of sp³-hybridized carbons (Fsp3) is 0.0714. The van der Waals surface area contributed by atoms with Crippen LogP contribution in [0.5, 0.6) is 11.5 Å². The molecule has 6 nitrogen and oxygen atoms in total. The van der Waals surface area contributed by atoms with Gasteiger partial charge in [0.05, 0.1) is 4.92 Å². The molecule has 0 aromatic heterocycles. The van der Waals surface area contributed by atoms with E-state index < -0.39 is 22.3 Å².